The molecule has 4 rings (SSSR count). The summed E-state index contributed by atoms with van der Waals surface area (Å²) in [6, 6.07) is 5.86. The van der Waals surface area contributed by atoms with Gasteiger partial charge in [-0.2, -0.15) is 5.26 Å². The van der Waals surface area contributed by atoms with Crippen molar-refractivity contribution < 1.29 is 4.74 Å². The van der Waals surface area contributed by atoms with E-state index in [0.29, 0.717) is 17.5 Å². The van der Waals surface area contributed by atoms with Crippen LogP contribution in [0, 0.1) is 11.3 Å². The Balaban J connectivity index is 1.33. The zero-order valence-corrected chi connectivity index (χ0v) is 13.5. The maximum absolute atomic E-state index is 8.80. The van der Waals surface area contributed by atoms with Crippen LogP contribution < -0.4 is 10.1 Å². The van der Waals surface area contributed by atoms with Crippen molar-refractivity contribution in [1.82, 2.24) is 24.6 Å². The molecule has 3 aromatic rings. The van der Waals surface area contributed by atoms with Crippen LogP contribution in [0.3, 0.4) is 0 Å². The lowest BCUT2D eigenvalue weighted by Crippen LogP contribution is -2.31. The molecule has 0 aliphatic heterocycles. The highest BCUT2D eigenvalue weighted by molar-refractivity contribution is 5.61. The van der Waals surface area contributed by atoms with Crippen molar-refractivity contribution in [2.45, 2.75) is 37.8 Å². The van der Waals surface area contributed by atoms with Crippen molar-refractivity contribution in [2.24, 2.45) is 0 Å². The number of nitriles is 1. The third-order valence-corrected chi connectivity index (χ3v) is 4.38. The lowest BCUT2D eigenvalue weighted by Gasteiger charge is -2.29. The maximum atomic E-state index is 8.80. The van der Waals surface area contributed by atoms with Crippen LogP contribution in [0.1, 0.15) is 31.2 Å². The summed E-state index contributed by atoms with van der Waals surface area (Å²) < 4.78 is 7.77. The summed E-state index contributed by atoms with van der Waals surface area (Å²) in [5.41, 5.74) is 1.28. The molecule has 0 aromatic carbocycles. The Kier molecular flexibility index (Phi) is 4.12. The van der Waals surface area contributed by atoms with E-state index in [4.69, 9.17) is 10.00 Å². The molecule has 3 aromatic heterocycles. The molecule has 0 unspecified atom stereocenters. The molecule has 1 saturated carbocycles. The van der Waals surface area contributed by atoms with E-state index in [9.17, 15) is 0 Å². The highest BCUT2D eigenvalue weighted by Gasteiger charge is 2.23. The first-order valence-electron chi connectivity index (χ1n) is 8.25. The maximum Gasteiger partial charge on any atom is 0.213 e. The Hall–Kier alpha value is -3.21. The minimum absolute atomic E-state index is 0.148. The summed E-state index contributed by atoms with van der Waals surface area (Å²) in [5.74, 6) is 1.34. The summed E-state index contributed by atoms with van der Waals surface area (Å²) in [6.07, 6.45) is 10.8. The lowest BCUT2D eigenvalue weighted by atomic mass is 9.93. The largest absolute Gasteiger partial charge is 0.474 e. The normalized spacial score (nSPS) is 20.1. The minimum Gasteiger partial charge on any atom is -0.474 e. The van der Waals surface area contributed by atoms with E-state index in [1.54, 1.807) is 24.7 Å². The first kappa shape index (κ1) is 15.3. The van der Waals surface area contributed by atoms with E-state index >= 15 is 0 Å². The van der Waals surface area contributed by atoms with Crippen molar-refractivity contribution >= 4 is 11.5 Å². The predicted octanol–water partition coefficient (Wildman–Crippen LogP) is 2.19. The fraction of sp³-hybridized carbons (Fsp3) is 0.353. The van der Waals surface area contributed by atoms with Crippen molar-refractivity contribution in [3.8, 4) is 11.9 Å². The molecule has 126 valence electrons. The zero-order valence-electron chi connectivity index (χ0n) is 13.5. The van der Waals surface area contributed by atoms with Crippen molar-refractivity contribution in [3.05, 3.63) is 42.6 Å². The summed E-state index contributed by atoms with van der Waals surface area (Å²) >= 11 is 0. The van der Waals surface area contributed by atoms with E-state index in [0.717, 1.165) is 37.1 Å². The Morgan fingerprint density at radius 1 is 1.20 bits per heavy atom. The fourth-order valence-corrected chi connectivity index (χ4v) is 3.07. The Morgan fingerprint density at radius 2 is 2.08 bits per heavy atom. The van der Waals surface area contributed by atoms with Crippen molar-refractivity contribution in [2.75, 3.05) is 5.32 Å². The summed E-state index contributed by atoms with van der Waals surface area (Å²) in [6.45, 7) is 0. The molecule has 0 saturated heterocycles. The number of rotatable bonds is 4. The molecule has 0 amide bonds. The van der Waals surface area contributed by atoms with Crippen LogP contribution in [-0.2, 0) is 0 Å². The second-order valence-corrected chi connectivity index (χ2v) is 6.07. The molecule has 0 atom stereocenters. The summed E-state index contributed by atoms with van der Waals surface area (Å²) in [4.78, 5) is 8.54. The van der Waals surface area contributed by atoms with Gasteiger partial charge in [0.1, 0.15) is 18.5 Å². The van der Waals surface area contributed by atoms with E-state index in [1.165, 1.54) is 6.20 Å². The third-order valence-electron chi connectivity index (χ3n) is 4.38. The SMILES string of the molecule is N#Cc1ccc(OC2CCC(Nc3nccn4cnnc34)CC2)nc1. The first-order chi connectivity index (χ1) is 12.3. The van der Waals surface area contributed by atoms with Gasteiger partial charge in [-0.15, -0.1) is 10.2 Å². The predicted molar refractivity (Wildman–Crippen MR) is 90.0 cm³/mol. The van der Waals surface area contributed by atoms with Crippen LogP contribution >= 0.6 is 0 Å². The average molecular weight is 335 g/mol. The Labute approximate surface area is 144 Å². The van der Waals surface area contributed by atoms with Crippen LogP contribution in [-0.4, -0.2) is 36.7 Å². The van der Waals surface area contributed by atoms with Gasteiger partial charge in [-0.1, -0.05) is 0 Å². The monoisotopic (exact) mass is 335 g/mol. The van der Waals surface area contributed by atoms with Gasteiger partial charge < -0.3 is 10.1 Å². The second kappa shape index (κ2) is 6.73. The van der Waals surface area contributed by atoms with Gasteiger partial charge in [0.15, 0.2) is 5.82 Å². The van der Waals surface area contributed by atoms with Gasteiger partial charge in [-0.05, 0) is 31.7 Å². The molecule has 1 N–H and O–H groups in total. The number of hydrogen-bond acceptors (Lipinski definition) is 7. The number of aromatic nitrogens is 5. The quantitative estimate of drug-likeness (QED) is 0.780. The molecule has 8 heteroatoms. The Morgan fingerprint density at radius 3 is 2.84 bits per heavy atom. The van der Waals surface area contributed by atoms with E-state index in [-0.39, 0.29) is 6.10 Å². The molecular formula is C17H17N7O. The summed E-state index contributed by atoms with van der Waals surface area (Å²) in [5, 5.41) is 20.3. The lowest BCUT2D eigenvalue weighted by molar-refractivity contribution is 0.144. The van der Waals surface area contributed by atoms with E-state index in [2.05, 4.69) is 31.6 Å². The van der Waals surface area contributed by atoms with E-state index in [1.807, 2.05) is 10.6 Å². The molecule has 1 fully saturated rings. The van der Waals surface area contributed by atoms with Gasteiger partial charge in [0.05, 0.1) is 5.56 Å². The van der Waals surface area contributed by atoms with Crippen LogP contribution in [0.15, 0.2) is 37.1 Å². The number of fused-ring (bicyclic) bond motifs is 1. The van der Waals surface area contributed by atoms with Gasteiger partial charge in [0.25, 0.3) is 0 Å². The van der Waals surface area contributed by atoms with Crippen LogP contribution in [0.5, 0.6) is 5.88 Å². The number of pyridine rings is 1. The smallest absolute Gasteiger partial charge is 0.213 e. The molecule has 3 heterocycles. The molecule has 0 bridgehead atoms. The standard InChI is InChI=1S/C17H17N7O/c18-9-12-1-6-15(20-10-12)25-14-4-2-13(3-5-14)22-16-17-23-21-11-24(17)8-7-19-16/h1,6-8,10-11,13-14H,2-5H2,(H,19,22). The number of anilines is 1. The highest BCUT2D eigenvalue weighted by Crippen LogP contribution is 2.25. The van der Waals surface area contributed by atoms with Gasteiger partial charge >= 0.3 is 0 Å². The number of hydrogen-bond donors (Lipinski definition) is 1. The zero-order chi connectivity index (χ0) is 17.1. The second-order valence-electron chi connectivity index (χ2n) is 6.07. The van der Waals surface area contributed by atoms with Crippen molar-refractivity contribution in [3.63, 3.8) is 0 Å². The molecular weight excluding hydrogens is 318 g/mol. The van der Waals surface area contributed by atoms with Gasteiger partial charge in [0.2, 0.25) is 11.5 Å². The van der Waals surface area contributed by atoms with Gasteiger partial charge in [-0.3, -0.25) is 4.40 Å². The van der Waals surface area contributed by atoms with Crippen LogP contribution in [0.4, 0.5) is 5.82 Å². The van der Waals surface area contributed by atoms with Crippen LogP contribution in [0.2, 0.25) is 0 Å². The number of nitrogens with one attached hydrogen (secondary N) is 1. The molecule has 1 aliphatic carbocycles. The third kappa shape index (κ3) is 3.35. The molecule has 1 aliphatic rings. The molecule has 0 radical (unpaired) electrons. The van der Waals surface area contributed by atoms with Gasteiger partial charge in [0, 0.05) is 30.7 Å². The molecule has 0 spiro atoms. The first-order valence-corrected chi connectivity index (χ1v) is 8.25. The minimum atomic E-state index is 0.148. The van der Waals surface area contributed by atoms with Crippen molar-refractivity contribution in [1.29, 1.82) is 5.26 Å². The molecule has 8 nitrogen and oxygen atoms in total. The molecule has 25 heavy (non-hydrogen) atoms. The fourth-order valence-electron chi connectivity index (χ4n) is 3.07. The van der Waals surface area contributed by atoms with Crippen LogP contribution in [0.25, 0.3) is 5.65 Å². The average Bonchev–Trinajstić information content (AvgIpc) is 3.14. The topological polar surface area (TPSA) is 101 Å². The Bertz CT molecular complexity index is 891. The van der Waals surface area contributed by atoms with Gasteiger partial charge in [-0.25, -0.2) is 9.97 Å². The summed E-state index contributed by atoms with van der Waals surface area (Å²) in [7, 11) is 0. The number of ether oxygens (including phenoxy) is 1. The highest BCUT2D eigenvalue weighted by atomic mass is 16.5. The van der Waals surface area contributed by atoms with E-state index < -0.39 is 0 Å². The number of nitrogens with zero attached hydrogens (tertiary/aromatic N) is 6.